The summed E-state index contributed by atoms with van der Waals surface area (Å²) in [6.45, 7) is 0. The van der Waals surface area contributed by atoms with Crippen molar-refractivity contribution in [1.29, 1.82) is 0 Å². The average Bonchev–Trinajstić information content (AvgIpc) is 2.80. The van der Waals surface area contributed by atoms with Crippen molar-refractivity contribution in [3.05, 3.63) is 53.1 Å². The Kier molecular flexibility index (Phi) is 7.56. The van der Waals surface area contributed by atoms with Gasteiger partial charge in [-0.3, -0.25) is 10.2 Å². The highest BCUT2D eigenvalue weighted by molar-refractivity contribution is 7.89. The van der Waals surface area contributed by atoms with E-state index >= 15 is 0 Å². The number of nitrogens with one attached hydrogen (secondary N) is 2. The number of methoxy groups -OCH3 is 4. The number of amides is 1. The summed E-state index contributed by atoms with van der Waals surface area (Å²) in [7, 11) is 0.606. The van der Waals surface area contributed by atoms with Crippen molar-refractivity contribution in [2.45, 2.75) is 4.90 Å². The van der Waals surface area contributed by atoms with E-state index in [0.29, 0.717) is 11.5 Å². The highest BCUT2D eigenvalue weighted by Gasteiger charge is 2.22. The zero-order chi connectivity index (χ0) is 23.2. The summed E-state index contributed by atoms with van der Waals surface area (Å²) in [5.41, 5.74) is 1.70. The van der Waals surface area contributed by atoms with E-state index in [2.05, 4.69) is 9.47 Å². The quantitative estimate of drug-likeness (QED) is 0.440. The van der Waals surface area contributed by atoms with Gasteiger partial charge in [0.05, 0.1) is 44.5 Å². The third kappa shape index (κ3) is 5.71. The maximum absolute atomic E-state index is 12.7. The van der Waals surface area contributed by atoms with E-state index in [1.807, 2.05) is 10.3 Å². The van der Waals surface area contributed by atoms with E-state index in [9.17, 15) is 22.8 Å². The van der Waals surface area contributed by atoms with E-state index in [1.165, 1.54) is 32.4 Å². The molecule has 0 heterocycles. The molecule has 0 aromatic heterocycles. The normalized spacial score (nSPS) is 10.7. The molecule has 0 bridgehead atoms. The van der Waals surface area contributed by atoms with Gasteiger partial charge in [0.2, 0.25) is 0 Å². The van der Waals surface area contributed by atoms with Crippen molar-refractivity contribution < 1.29 is 41.7 Å². The van der Waals surface area contributed by atoms with Crippen LogP contribution >= 0.6 is 0 Å². The summed E-state index contributed by atoms with van der Waals surface area (Å²) in [5.74, 6) is -1.90. The first-order valence-corrected chi connectivity index (χ1v) is 10.0. The Morgan fingerprint density at radius 2 is 1.19 bits per heavy atom. The van der Waals surface area contributed by atoms with Crippen LogP contribution in [0.4, 0.5) is 0 Å². The second-order valence-electron chi connectivity index (χ2n) is 5.89. The lowest BCUT2D eigenvalue weighted by atomic mass is 10.1. The van der Waals surface area contributed by atoms with Crippen LogP contribution in [0.5, 0.6) is 11.5 Å². The van der Waals surface area contributed by atoms with E-state index in [1.54, 1.807) is 0 Å². The standard InChI is InChI=1S/C19H20N2O9S/c1-27-14-6-11(7-15(10-14)28-2)17(22)20-21-31(25,26)16-8-12(18(23)29-3)5-13(9-16)19(24)30-4/h5-10,21H,1-4H3,(H,20,22). The summed E-state index contributed by atoms with van der Waals surface area (Å²) >= 11 is 0. The molecule has 0 radical (unpaired) electrons. The van der Waals surface area contributed by atoms with Gasteiger partial charge < -0.3 is 18.9 Å². The van der Waals surface area contributed by atoms with Crippen LogP contribution in [0.25, 0.3) is 0 Å². The lowest BCUT2D eigenvalue weighted by Crippen LogP contribution is -2.41. The van der Waals surface area contributed by atoms with Crippen LogP contribution in [0.15, 0.2) is 41.3 Å². The number of hydrogen-bond acceptors (Lipinski definition) is 9. The van der Waals surface area contributed by atoms with E-state index in [4.69, 9.17) is 9.47 Å². The smallest absolute Gasteiger partial charge is 0.337 e. The number of sulfonamides is 1. The average molecular weight is 452 g/mol. The second-order valence-corrected chi connectivity index (χ2v) is 7.57. The van der Waals surface area contributed by atoms with Gasteiger partial charge in [-0.25, -0.2) is 18.0 Å². The fourth-order valence-electron chi connectivity index (χ4n) is 2.41. The third-order valence-electron chi connectivity index (χ3n) is 3.97. The Balaban J connectivity index is 2.33. The third-order valence-corrected chi connectivity index (χ3v) is 5.20. The number of carbonyl (C=O) groups is 3. The fourth-order valence-corrected chi connectivity index (χ4v) is 3.32. The molecule has 2 aromatic carbocycles. The number of ether oxygens (including phenoxy) is 4. The Morgan fingerprint density at radius 1 is 0.710 bits per heavy atom. The van der Waals surface area contributed by atoms with Crippen molar-refractivity contribution in [1.82, 2.24) is 10.3 Å². The molecule has 11 nitrogen and oxygen atoms in total. The zero-order valence-corrected chi connectivity index (χ0v) is 17.9. The highest BCUT2D eigenvalue weighted by atomic mass is 32.2. The first kappa shape index (κ1) is 23.6. The molecular formula is C19H20N2O9S. The van der Waals surface area contributed by atoms with Crippen molar-refractivity contribution in [2.24, 2.45) is 0 Å². The summed E-state index contributed by atoms with van der Waals surface area (Å²) in [6.07, 6.45) is 0. The maximum atomic E-state index is 12.7. The zero-order valence-electron chi connectivity index (χ0n) is 17.0. The van der Waals surface area contributed by atoms with Gasteiger partial charge in [-0.2, -0.15) is 0 Å². The molecule has 2 N–H and O–H groups in total. The minimum Gasteiger partial charge on any atom is -0.497 e. The van der Waals surface area contributed by atoms with Gasteiger partial charge >= 0.3 is 11.9 Å². The minimum atomic E-state index is -4.38. The summed E-state index contributed by atoms with van der Waals surface area (Å²) in [5, 5.41) is 0. The van der Waals surface area contributed by atoms with Crippen LogP contribution in [-0.4, -0.2) is 54.7 Å². The van der Waals surface area contributed by atoms with Crippen molar-refractivity contribution in [2.75, 3.05) is 28.4 Å². The molecular weight excluding hydrogens is 432 g/mol. The largest absolute Gasteiger partial charge is 0.497 e. The van der Waals surface area contributed by atoms with Crippen LogP contribution in [0.2, 0.25) is 0 Å². The van der Waals surface area contributed by atoms with Gasteiger partial charge in [0.25, 0.3) is 15.9 Å². The number of hydrogen-bond donors (Lipinski definition) is 2. The molecule has 0 aliphatic rings. The molecule has 0 aliphatic carbocycles. The van der Waals surface area contributed by atoms with Crippen LogP contribution in [0.1, 0.15) is 31.1 Å². The highest BCUT2D eigenvalue weighted by Crippen LogP contribution is 2.22. The van der Waals surface area contributed by atoms with Crippen LogP contribution < -0.4 is 19.7 Å². The monoisotopic (exact) mass is 452 g/mol. The molecule has 166 valence electrons. The van der Waals surface area contributed by atoms with Gasteiger partial charge in [-0.1, -0.05) is 0 Å². The lowest BCUT2D eigenvalue weighted by molar-refractivity contribution is 0.0598. The molecule has 1 amide bonds. The van der Waals surface area contributed by atoms with Gasteiger partial charge in [-0.05, 0) is 30.3 Å². The molecule has 2 rings (SSSR count). The molecule has 0 unspecified atom stereocenters. The molecule has 0 aliphatic heterocycles. The number of benzene rings is 2. The topological polar surface area (TPSA) is 146 Å². The van der Waals surface area contributed by atoms with Crippen molar-refractivity contribution in [3.8, 4) is 11.5 Å². The first-order valence-electron chi connectivity index (χ1n) is 8.52. The number of esters is 2. The first-order chi connectivity index (χ1) is 14.6. The Hall–Kier alpha value is -3.64. The Labute approximate surface area is 178 Å². The SMILES string of the molecule is COC(=O)c1cc(C(=O)OC)cc(S(=O)(=O)NNC(=O)c2cc(OC)cc(OC)c2)c1. The molecule has 31 heavy (non-hydrogen) atoms. The Morgan fingerprint density at radius 3 is 1.61 bits per heavy atom. The molecule has 0 saturated carbocycles. The predicted octanol–water partition coefficient (Wildman–Crippen LogP) is 0.900. The van der Waals surface area contributed by atoms with Gasteiger partial charge in [0.15, 0.2) is 0 Å². The minimum absolute atomic E-state index is 0.0532. The molecule has 0 saturated heterocycles. The van der Waals surface area contributed by atoms with Gasteiger partial charge in [0.1, 0.15) is 11.5 Å². The van der Waals surface area contributed by atoms with E-state index in [-0.39, 0.29) is 16.7 Å². The lowest BCUT2D eigenvalue weighted by Gasteiger charge is -2.12. The number of hydrazine groups is 1. The molecule has 12 heteroatoms. The van der Waals surface area contributed by atoms with Crippen molar-refractivity contribution in [3.63, 3.8) is 0 Å². The number of rotatable bonds is 8. The predicted molar refractivity (Wildman–Crippen MR) is 106 cm³/mol. The second kappa shape index (κ2) is 9.91. The maximum Gasteiger partial charge on any atom is 0.337 e. The number of carbonyl (C=O) groups excluding carboxylic acids is 3. The summed E-state index contributed by atoms with van der Waals surface area (Å²) in [4.78, 5) is 37.5. The molecule has 0 spiro atoms. The van der Waals surface area contributed by atoms with Crippen LogP contribution in [0.3, 0.4) is 0 Å². The molecule has 0 fully saturated rings. The molecule has 0 atom stereocenters. The van der Waals surface area contributed by atoms with E-state index in [0.717, 1.165) is 32.4 Å². The van der Waals surface area contributed by atoms with Gasteiger partial charge in [-0.15, -0.1) is 4.83 Å². The summed E-state index contributed by atoms with van der Waals surface area (Å²) < 4.78 is 44.6. The van der Waals surface area contributed by atoms with Crippen LogP contribution in [0, 0.1) is 0 Å². The van der Waals surface area contributed by atoms with Crippen LogP contribution in [-0.2, 0) is 19.5 Å². The van der Waals surface area contributed by atoms with E-state index < -0.39 is 32.8 Å². The molecule has 2 aromatic rings. The van der Waals surface area contributed by atoms with Crippen molar-refractivity contribution >= 4 is 27.9 Å². The summed E-state index contributed by atoms with van der Waals surface area (Å²) in [6, 6.07) is 7.38. The fraction of sp³-hybridized carbons (Fsp3) is 0.211. The Bertz CT molecular complexity index is 1060. The van der Waals surface area contributed by atoms with Gasteiger partial charge in [0, 0.05) is 11.6 Å².